The summed E-state index contributed by atoms with van der Waals surface area (Å²) in [6, 6.07) is 0.350. The Kier molecular flexibility index (Phi) is 2.17. The van der Waals surface area contributed by atoms with Crippen LogP contribution in [0.25, 0.3) is 0 Å². The molecule has 0 aromatic carbocycles. The number of rotatable bonds is 1. The SMILES string of the molecule is COc1nc(C)c(C)c(=O)n1C. The van der Waals surface area contributed by atoms with E-state index in [0.29, 0.717) is 11.6 Å². The van der Waals surface area contributed by atoms with Crippen LogP contribution in [0.3, 0.4) is 0 Å². The maximum Gasteiger partial charge on any atom is 0.298 e. The van der Waals surface area contributed by atoms with Gasteiger partial charge in [0.2, 0.25) is 0 Å². The van der Waals surface area contributed by atoms with Crippen molar-refractivity contribution in [2.24, 2.45) is 7.05 Å². The molecule has 0 fully saturated rings. The Labute approximate surface area is 70.8 Å². The Bertz CT molecular complexity index is 355. The van der Waals surface area contributed by atoms with Crippen molar-refractivity contribution < 1.29 is 4.74 Å². The monoisotopic (exact) mass is 168 g/mol. The van der Waals surface area contributed by atoms with Crippen molar-refractivity contribution in [3.05, 3.63) is 21.6 Å². The first-order valence-electron chi connectivity index (χ1n) is 3.66. The molecular formula is C8H12N2O2. The highest BCUT2D eigenvalue weighted by molar-refractivity contribution is 5.17. The average Bonchev–Trinajstić information content (AvgIpc) is 2.08. The summed E-state index contributed by atoms with van der Waals surface area (Å²) in [7, 11) is 3.14. The number of hydrogen-bond donors (Lipinski definition) is 0. The standard InChI is InChI=1S/C8H12N2O2/c1-5-6(2)9-8(12-4)10(3)7(5)11/h1-4H3. The second-order valence-electron chi connectivity index (χ2n) is 2.67. The van der Waals surface area contributed by atoms with Crippen LogP contribution in [0.4, 0.5) is 0 Å². The summed E-state index contributed by atoms with van der Waals surface area (Å²) in [6.45, 7) is 3.54. The molecule has 66 valence electrons. The molecule has 1 heterocycles. The van der Waals surface area contributed by atoms with Crippen LogP contribution in [0.1, 0.15) is 11.3 Å². The van der Waals surface area contributed by atoms with E-state index in [4.69, 9.17) is 4.74 Å². The van der Waals surface area contributed by atoms with Gasteiger partial charge in [0.1, 0.15) is 0 Å². The van der Waals surface area contributed by atoms with Crippen molar-refractivity contribution in [1.82, 2.24) is 9.55 Å². The van der Waals surface area contributed by atoms with E-state index >= 15 is 0 Å². The molecule has 0 aliphatic heterocycles. The molecule has 0 atom stereocenters. The molecule has 4 heteroatoms. The van der Waals surface area contributed by atoms with Crippen molar-refractivity contribution in [2.45, 2.75) is 13.8 Å². The van der Waals surface area contributed by atoms with Gasteiger partial charge in [0, 0.05) is 12.6 Å². The largest absolute Gasteiger partial charge is 0.468 e. The van der Waals surface area contributed by atoms with E-state index in [0.717, 1.165) is 5.69 Å². The Balaban J connectivity index is 3.50. The van der Waals surface area contributed by atoms with E-state index < -0.39 is 0 Å². The summed E-state index contributed by atoms with van der Waals surface area (Å²) in [6.07, 6.45) is 0. The van der Waals surface area contributed by atoms with E-state index in [1.54, 1.807) is 20.9 Å². The highest BCUT2D eigenvalue weighted by Gasteiger charge is 2.06. The quantitative estimate of drug-likeness (QED) is 0.610. The van der Waals surface area contributed by atoms with Crippen molar-refractivity contribution in [3.8, 4) is 6.01 Å². The Morgan fingerprint density at radius 2 is 2.00 bits per heavy atom. The number of ether oxygens (including phenoxy) is 1. The molecule has 0 saturated heterocycles. The number of aromatic nitrogens is 2. The lowest BCUT2D eigenvalue weighted by molar-refractivity contribution is 0.355. The lowest BCUT2D eigenvalue weighted by Crippen LogP contribution is -2.23. The van der Waals surface area contributed by atoms with Crippen molar-refractivity contribution in [2.75, 3.05) is 7.11 Å². The van der Waals surface area contributed by atoms with Crippen LogP contribution in [0.5, 0.6) is 6.01 Å². The van der Waals surface area contributed by atoms with Gasteiger partial charge in [-0.05, 0) is 13.8 Å². The predicted molar refractivity (Wildman–Crippen MR) is 45.5 cm³/mol. The van der Waals surface area contributed by atoms with E-state index in [-0.39, 0.29) is 5.56 Å². The van der Waals surface area contributed by atoms with E-state index in [1.165, 1.54) is 11.7 Å². The van der Waals surface area contributed by atoms with Crippen LogP contribution in [-0.4, -0.2) is 16.7 Å². The van der Waals surface area contributed by atoms with Crippen LogP contribution < -0.4 is 10.3 Å². The van der Waals surface area contributed by atoms with Crippen LogP contribution in [0.2, 0.25) is 0 Å². The molecule has 0 unspecified atom stereocenters. The molecule has 4 nitrogen and oxygen atoms in total. The zero-order valence-electron chi connectivity index (χ0n) is 7.71. The third-order valence-electron chi connectivity index (χ3n) is 1.90. The van der Waals surface area contributed by atoms with Gasteiger partial charge in [-0.2, -0.15) is 0 Å². The first-order chi connectivity index (χ1) is 5.57. The normalized spacial score (nSPS) is 10.0. The van der Waals surface area contributed by atoms with Crippen molar-refractivity contribution in [3.63, 3.8) is 0 Å². The fraction of sp³-hybridized carbons (Fsp3) is 0.500. The van der Waals surface area contributed by atoms with Gasteiger partial charge in [0.15, 0.2) is 0 Å². The first-order valence-corrected chi connectivity index (χ1v) is 3.66. The fourth-order valence-electron chi connectivity index (χ4n) is 0.978. The Hall–Kier alpha value is -1.32. The van der Waals surface area contributed by atoms with Gasteiger partial charge >= 0.3 is 0 Å². The molecule has 1 rings (SSSR count). The van der Waals surface area contributed by atoms with Crippen LogP contribution in [0.15, 0.2) is 4.79 Å². The van der Waals surface area contributed by atoms with Gasteiger partial charge in [-0.3, -0.25) is 9.36 Å². The fourth-order valence-corrected chi connectivity index (χ4v) is 0.978. The van der Waals surface area contributed by atoms with Gasteiger partial charge in [-0.25, -0.2) is 4.98 Å². The van der Waals surface area contributed by atoms with Crippen LogP contribution >= 0.6 is 0 Å². The van der Waals surface area contributed by atoms with Crippen molar-refractivity contribution >= 4 is 0 Å². The molecule has 0 bridgehead atoms. The molecule has 0 saturated carbocycles. The maximum absolute atomic E-state index is 11.4. The van der Waals surface area contributed by atoms with E-state index in [1.807, 2.05) is 0 Å². The Morgan fingerprint density at radius 3 is 2.50 bits per heavy atom. The predicted octanol–water partition coefficient (Wildman–Crippen LogP) is 0.406. The lowest BCUT2D eigenvalue weighted by atomic mass is 10.3. The summed E-state index contributed by atoms with van der Waals surface area (Å²) in [5.74, 6) is 0. The number of hydrogen-bond acceptors (Lipinski definition) is 3. The second kappa shape index (κ2) is 2.97. The molecule has 0 radical (unpaired) electrons. The van der Waals surface area contributed by atoms with Gasteiger partial charge < -0.3 is 4.74 Å². The van der Waals surface area contributed by atoms with Gasteiger partial charge in [0.25, 0.3) is 11.6 Å². The molecule has 1 aromatic rings. The highest BCUT2D eigenvalue weighted by Crippen LogP contribution is 2.04. The lowest BCUT2D eigenvalue weighted by Gasteiger charge is -2.07. The summed E-state index contributed by atoms with van der Waals surface area (Å²) in [5.41, 5.74) is 1.33. The van der Waals surface area contributed by atoms with Gasteiger partial charge in [0.05, 0.1) is 12.8 Å². The van der Waals surface area contributed by atoms with Crippen LogP contribution in [-0.2, 0) is 7.05 Å². The zero-order chi connectivity index (χ0) is 9.30. The molecule has 0 N–H and O–H groups in total. The molecule has 12 heavy (non-hydrogen) atoms. The van der Waals surface area contributed by atoms with Gasteiger partial charge in [-0.15, -0.1) is 0 Å². The highest BCUT2D eigenvalue weighted by atomic mass is 16.5. The Morgan fingerprint density at radius 1 is 1.42 bits per heavy atom. The van der Waals surface area contributed by atoms with E-state index in [2.05, 4.69) is 4.98 Å². The molecule has 0 aliphatic rings. The minimum atomic E-state index is -0.0562. The summed E-state index contributed by atoms with van der Waals surface area (Å²) in [5, 5.41) is 0. The minimum absolute atomic E-state index is 0.0562. The summed E-state index contributed by atoms with van der Waals surface area (Å²) < 4.78 is 6.30. The van der Waals surface area contributed by atoms with Crippen LogP contribution in [0, 0.1) is 13.8 Å². The number of methoxy groups -OCH3 is 1. The third kappa shape index (κ3) is 1.20. The molecule has 0 spiro atoms. The zero-order valence-corrected chi connectivity index (χ0v) is 7.71. The molecule has 1 aromatic heterocycles. The average molecular weight is 168 g/mol. The smallest absolute Gasteiger partial charge is 0.298 e. The number of aryl methyl sites for hydroxylation is 1. The maximum atomic E-state index is 11.4. The summed E-state index contributed by atoms with van der Waals surface area (Å²) in [4.78, 5) is 15.5. The third-order valence-corrected chi connectivity index (χ3v) is 1.90. The van der Waals surface area contributed by atoms with E-state index in [9.17, 15) is 4.79 Å². The van der Waals surface area contributed by atoms with Crippen molar-refractivity contribution in [1.29, 1.82) is 0 Å². The number of nitrogens with zero attached hydrogens (tertiary/aromatic N) is 2. The topological polar surface area (TPSA) is 44.1 Å². The second-order valence-corrected chi connectivity index (χ2v) is 2.67. The molecule has 0 amide bonds. The minimum Gasteiger partial charge on any atom is -0.468 e. The molecular weight excluding hydrogens is 156 g/mol. The first kappa shape index (κ1) is 8.77. The van der Waals surface area contributed by atoms with Gasteiger partial charge in [-0.1, -0.05) is 0 Å². The molecule has 0 aliphatic carbocycles. The summed E-state index contributed by atoms with van der Waals surface area (Å²) >= 11 is 0.